The number of amides is 1. The lowest BCUT2D eigenvalue weighted by Gasteiger charge is -2.13. The average molecular weight is 302 g/mol. The largest absolute Gasteiger partial charge is 0.506 e. The van der Waals surface area contributed by atoms with Gasteiger partial charge in [0, 0.05) is 25.6 Å². The molecule has 1 aromatic heterocycles. The van der Waals surface area contributed by atoms with Crippen LogP contribution in [0.5, 0.6) is 5.75 Å². The lowest BCUT2D eigenvalue weighted by Crippen LogP contribution is -2.36. The third-order valence-corrected chi connectivity index (χ3v) is 4.02. The summed E-state index contributed by atoms with van der Waals surface area (Å²) in [6.07, 6.45) is 1.85. The smallest absolute Gasteiger partial charge is 0.267 e. The Kier molecular flexibility index (Phi) is 3.85. The molecular formula is C16H18N2O4. The van der Waals surface area contributed by atoms with E-state index in [0.29, 0.717) is 24.1 Å². The number of ether oxygens (including phenoxy) is 1. The van der Waals surface area contributed by atoms with E-state index in [1.165, 1.54) is 4.57 Å². The van der Waals surface area contributed by atoms with Gasteiger partial charge >= 0.3 is 0 Å². The molecule has 0 saturated carbocycles. The van der Waals surface area contributed by atoms with Crippen molar-refractivity contribution >= 4 is 16.8 Å². The average Bonchev–Trinajstić information content (AvgIpc) is 3.04. The third-order valence-electron chi connectivity index (χ3n) is 4.02. The van der Waals surface area contributed by atoms with Crippen LogP contribution in [0.15, 0.2) is 29.1 Å². The molecule has 1 saturated heterocycles. The van der Waals surface area contributed by atoms with Crippen LogP contribution in [0.2, 0.25) is 0 Å². The molecule has 1 fully saturated rings. The molecule has 2 N–H and O–H groups in total. The van der Waals surface area contributed by atoms with Crippen molar-refractivity contribution in [1.29, 1.82) is 0 Å². The van der Waals surface area contributed by atoms with Gasteiger partial charge in [0.15, 0.2) is 0 Å². The van der Waals surface area contributed by atoms with Gasteiger partial charge in [-0.25, -0.2) is 0 Å². The molecule has 116 valence electrons. The van der Waals surface area contributed by atoms with E-state index in [2.05, 4.69) is 5.32 Å². The van der Waals surface area contributed by atoms with Crippen molar-refractivity contribution in [3.05, 3.63) is 40.2 Å². The van der Waals surface area contributed by atoms with Gasteiger partial charge in [0.25, 0.3) is 11.5 Å². The summed E-state index contributed by atoms with van der Waals surface area (Å²) in [4.78, 5) is 24.7. The lowest BCUT2D eigenvalue weighted by atomic mass is 10.1. The Bertz CT molecular complexity index is 776. The predicted molar refractivity (Wildman–Crippen MR) is 82.2 cm³/mol. The van der Waals surface area contributed by atoms with Crippen molar-refractivity contribution in [1.82, 2.24) is 9.88 Å². The number of nitrogens with zero attached hydrogens (tertiary/aromatic N) is 1. The highest BCUT2D eigenvalue weighted by Crippen LogP contribution is 2.25. The maximum atomic E-state index is 12.4. The number of hydrogen-bond acceptors (Lipinski definition) is 4. The van der Waals surface area contributed by atoms with Crippen molar-refractivity contribution in [3.8, 4) is 5.75 Å². The van der Waals surface area contributed by atoms with Crippen LogP contribution in [0.1, 0.15) is 23.2 Å². The summed E-state index contributed by atoms with van der Waals surface area (Å²) in [5, 5.41) is 13.5. The normalized spacial score (nSPS) is 17.8. The van der Waals surface area contributed by atoms with E-state index in [1.54, 1.807) is 31.3 Å². The fourth-order valence-corrected chi connectivity index (χ4v) is 2.78. The molecule has 0 radical (unpaired) electrons. The number of aromatic hydroxyl groups is 1. The number of rotatable bonds is 3. The molecule has 1 aliphatic rings. The number of benzene rings is 1. The summed E-state index contributed by atoms with van der Waals surface area (Å²) in [5.74, 6) is -0.845. The number of pyridine rings is 1. The van der Waals surface area contributed by atoms with Gasteiger partial charge in [-0.3, -0.25) is 9.59 Å². The number of hydrogen-bond donors (Lipinski definition) is 2. The van der Waals surface area contributed by atoms with Crippen LogP contribution in [-0.2, 0) is 11.8 Å². The standard InChI is InChI=1S/C16H18N2O4/c1-18-12-7-3-2-6-11(12)14(19)13(16(18)21)15(20)17-9-10-5-4-8-22-10/h2-3,6-7,10,19H,4-5,8-9H2,1H3,(H,17,20)/t10-/m1/s1. The van der Waals surface area contributed by atoms with Crippen molar-refractivity contribution in [3.63, 3.8) is 0 Å². The number of nitrogens with one attached hydrogen (secondary N) is 1. The van der Waals surface area contributed by atoms with E-state index in [9.17, 15) is 14.7 Å². The number of para-hydroxylation sites is 1. The molecule has 0 bridgehead atoms. The second kappa shape index (κ2) is 5.81. The predicted octanol–water partition coefficient (Wildman–Crippen LogP) is 1.15. The van der Waals surface area contributed by atoms with Crippen molar-refractivity contribution < 1.29 is 14.6 Å². The number of aryl methyl sites for hydroxylation is 1. The number of carbonyl (C=O) groups is 1. The minimum atomic E-state index is -0.570. The summed E-state index contributed by atoms with van der Waals surface area (Å²) in [7, 11) is 1.58. The molecule has 1 amide bonds. The molecule has 0 unspecified atom stereocenters. The Balaban J connectivity index is 1.95. The van der Waals surface area contributed by atoms with Gasteiger partial charge in [-0.15, -0.1) is 0 Å². The summed E-state index contributed by atoms with van der Waals surface area (Å²) >= 11 is 0. The number of fused-ring (bicyclic) bond motifs is 1. The van der Waals surface area contributed by atoms with Gasteiger partial charge in [0.05, 0.1) is 11.6 Å². The van der Waals surface area contributed by atoms with Gasteiger partial charge in [0.1, 0.15) is 11.3 Å². The van der Waals surface area contributed by atoms with Gasteiger partial charge in [0.2, 0.25) is 0 Å². The highest BCUT2D eigenvalue weighted by Gasteiger charge is 2.22. The Morgan fingerprint density at radius 2 is 2.23 bits per heavy atom. The zero-order chi connectivity index (χ0) is 15.7. The molecule has 3 rings (SSSR count). The first-order valence-corrected chi connectivity index (χ1v) is 7.30. The molecule has 6 heteroatoms. The summed E-state index contributed by atoms with van der Waals surface area (Å²) < 4.78 is 6.80. The van der Waals surface area contributed by atoms with Crippen LogP contribution < -0.4 is 10.9 Å². The Morgan fingerprint density at radius 1 is 1.45 bits per heavy atom. The van der Waals surface area contributed by atoms with E-state index in [1.807, 2.05) is 0 Å². The van der Waals surface area contributed by atoms with Crippen LogP contribution in [-0.4, -0.2) is 34.8 Å². The fraction of sp³-hybridized carbons (Fsp3) is 0.375. The zero-order valence-electron chi connectivity index (χ0n) is 12.3. The van der Waals surface area contributed by atoms with Crippen LogP contribution in [0, 0.1) is 0 Å². The molecule has 2 heterocycles. The van der Waals surface area contributed by atoms with Crippen LogP contribution >= 0.6 is 0 Å². The summed E-state index contributed by atoms with van der Waals surface area (Å²) in [5.41, 5.74) is -0.152. The SMILES string of the molecule is Cn1c(=O)c(C(=O)NC[C@H]2CCCO2)c(O)c2ccccc21. The first kappa shape index (κ1) is 14.6. The Hall–Kier alpha value is -2.34. The molecule has 1 atom stereocenters. The minimum Gasteiger partial charge on any atom is -0.506 e. The van der Waals surface area contributed by atoms with E-state index in [4.69, 9.17) is 4.74 Å². The monoisotopic (exact) mass is 302 g/mol. The number of aromatic nitrogens is 1. The van der Waals surface area contributed by atoms with Crippen molar-refractivity contribution in [2.24, 2.45) is 7.05 Å². The van der Waals surface area contributed by atoms with Crippen molar-refractivity contribution in [2.45, 2.75) is 18.9 Å². The molecule has 0 aliphatic carbocycles. The van der Waals surface area contributed by atoms with Crippen molar-refractivity contribution in [2.75, 3.05) is 13.2 Å². The second-order valence-corrected chi connectivity index (χ2v) is 5.45. The maximum absolute atomic E-state index is 12.4. The molecule has 1 aromatic carbocycles. The minimum absolute atomic E-state index is 0.0181. The lowest BCUT2D eigenvalue weighted by molar-refractivity contribution is 0.0854. The van der Waals surface area contributed by atoms with Crippen LogP contribution in [0.3, 0.4) is 0 Å². The Labute approximate surface area is 127 Å². The topological polar surface area (TPSA) is 80.6 Å². The zero-order valence-corrected chi connectivity index (χ0v) is 12.3. The molecular weight excluding hydrogens is 284 g/mol. The summed E-state index contributed by atoms with van der Waals surface area (Å²) in [6.45, 7) is 1.04. The van der Waals surface area contributed by atoms with Gasteiger partial charge in [-0.1, -0.05) is 12.1 Å². The molecule has 22 heavy (non-hydrogen) atoms. The molecule has 2 aromatic rings. The van der Waals surface area contributed by atoms with Gasteiger partial charge < -0.3 is 19.7 Å². The second-order valence-electron chi connectivity index (χ2n) is 5.45. The van der Waals surface area contributed by atoms with E-state index in [0.717, 1.165) is 12.8 Å². The molecule has 6 nitrogen and oxygen atoms in total. The first-order valence-electron chi connectivity index (χ1n) is 7.30. The van der Waals surface area contributed by atoms with Gasteiger partial charge in [-0.05, 0) is 25.0 Å². The van der Waals surface area contributed by atoms with Crippen LogP contribution in [0.4, 0.5) is 0 Å². The third kappa shape index (κ3) is 2.46. The number of carbonyl (C=O) groups excluding carboxylic acids is 1. The molecule has 0 spiro atoms. The molecule has 1 aliphatic heterocycles. The maximum Gasteiger partial charge on any atom is 0.267 e. The van der Waals surface area contributed by atoms with E-state index >= 15 is 0 Å². The highest BCUT2D eigenvalue weighted by atomic mass is 16.5. The van der Waals surface area contributed by atoms with Crippen LogP contribution in [0.25, 0.3) is 10.9 Å². The highest BCUT2D eigenvalue weighted by molar-refractivity contribution is 6.02. The first-order chi connectivity index (χ1) is 10.6. The van der Waals surface area contributed by atoms with E-state index in [-0.39, 0.29) is 17.4 Å². The van der Waals surface area contributed by atoms with Gasteiger partial charge in [-0.2, -0.15) is 0 Å². The Morgan fingerprint density at radius 3 is 2.95 bits per heavy atom. The fourth-order valence-electron chi connectivity index (χ4n) is 2.78. The summed E-state index contributed by atoms with van der Waals surface area (Å²) in [6, 6.07) is 6.93. The van der Waals surface area contributed by atoms with E-state index < -0.39 is 11.5 Å². The quantitative estimate of drug-likeness (QED) is 0.891.